The van der Waals surface area contributed by atoms with Crippen LogP contribution >= 0.6 is 0 Å². The lowest BCUT2D eigenvalue weighted by Gasteiger charge is -2.31. The number of benzene rings is 2. The van der Waals surface area contributed by atoms with Crippen molar-refractivity contribution in [3.63, 3.8) is 0 Å². The minimum absolute atomic E-state index is 0.00854. The molecule has 0 saturated carbocycles. The van der Waals surface area contributed by atoms with Crippen molar-refractivity contribution in [3.05, 3.63) is 42.5 Å². The average molecular weight is 297 g/mol. The van der Waals surface area contributed by atoms with E-state index in [1.807, 2.05) is 31.2 Å². The predicted octanol–water partition coefficient (Wildman–Crippen LogP) is 2.48. The van der Waals surface area contributed by atoms with E-state index in [-0.39, 0.29) is 11.9 Å². The molecule has 3 nitrogen and oxygen atoms in total. The summed E-state index contributed by atoms with van der Waals surface area (Å²) in [5, 5.41) is 5.44. The van der Waals surface area contributed by atoms with E-state index in [9.17, 15) is 4.79 Å². The highest BCUT2D eigenvalue weighted by molar-refractivity contribution is 5.96. The van der Waals surface area contributed by atoms with Gasteiger partial charge >= 0.3 is 0 Å². The molecule has 0 radical (unpaired) electrons. The van der Waals surface area contributed by atoms with Crippen LogP contribution in [-0.4, -0.2) is 25.0 Å². The van der Waals surface area contributed by atoms with Gasteiger partial charge in [-0.15, -0.1) is 0 Å². The van der Waals surface area contributed by atoms with E-state index in [4.69, 9.17) is 0 Å². The van der Waals surface area contributed by atoms with Gasteiger partial charge in [0, 0.05) is 11.6 Å². The SMILES string of the molecule is C[C@@H]1CCC[NH+]([C@@H](C)C(=O)Nc2ccc3ccccc3c2)C1. The summed E-state index contributed by atoms with van der Waals surface area (Å²) < 4.78 is 0. The highest BCUT2D eigenvalue weighted by Crippen LogP contribution is 2.18. The Kier molecular flexibility index (Phi) is 4.44. The monoisotopic (exact) mass is 297 g/mol. The first-order valence-corrected chi connectivity index (χ1v) is 8.28. The lowest BCUT2D eigenvalue weighted by Crippen LogP contribution is -3.17. The Balaban J connectivity index is 1.69. The Labute approximate surface area is 132 Å². The molecule has 0 aromatic heterocycles. The number of piperidine rings is 1. The molecule has 116 valence electrons. The van der Waals surface area contributed by atoms with E-state index in [0.717, 1.165) is 30.1 Å². The summed E-state index contributed by atoms with van der Waals surface area (Å²) in [5.74, 6) is 0.846. The smallest absolute Gasteiger partial charge is 0.282 e. The summed E-state index contributed by atoms with van der Waals surface area (Å²) >= 11 is 0. The second-order valence-corrected chi connectivity index (χ2v) is 6.63. The Hall–Kier alpha value is -1.87. The van der Waals surface area contributed by atoms with Gasteiger partial charge in [0.05, 0.1) is 13.1 Å². The molecule has 2 N–H and O–H groups in total. The van der Waals surface area contributed by atoms with Crippen molar-refractivity contribution >= 4 is 22.4 Å². The summed E-state index contributed by atoms with van der Waals surface area (Å²) in [4.78, 5) is 13.9. The minimum Gasteiger partial charge on any atom is -0.325 e. The molecule has 1 aliphatic heterocycles. The molecular weight excluding hydrogens is 272 g/mol. The summed E-state index contributed by atoms with van der Waals surface area (Å²) in [6.45, 7) is 6.54. The summed E-state index contributed by atoms with van der Waals surface area (Å²) in [7, 11) is 0. The van der Waals surface area contributed by atoms with E-state index in [1.54, 1.807) is 0 Å². The first-order valence-electron chi connectivity index (χ1n) is 8.28. The van der Waals surface area contributed by atoms with Crippen molar-refractivity contribution in [1.82, 2.24) is 0 Å². The Morgan fingerprint density at radius 3 is 2.77 bits per heavy atom. The zero-order chi connectivity index (χ0) is 15.5. The summed E-state index contributed by atoms with van der Waals surface area (Å²) in [5.41, 5.74) is 0.889. The first kappa shape index (κ1) is 15.0. The molecule has 22 heavy (non-hydrogen) atoms. The van der Waals surface area contributed by atoms with Crippen LogP contribution in [0.1, 0.15) is 26.7 Å². The highest BCUT2D eigenvalue weighted by atomic mass is 16.2. The number of hydrogen-bond acceptors (Lipinski definition) is 1. The Morgan fingerprint density at radius 1 is 1.23 bits per heavy atom. The van der Waals surface area contributed by atoms with Crippen molar-refractivity contribution in [3.8, 4) is 0 Å². The van der Waals surface area contributed by atoms with E-state index in [2.05, 4.69) is 30.4 Å². The third-order valence-corrected chi connectivity index (χ3v) is 4.83. The molecule has 0 bridgehead atoms. The van der Waals surface area contributed by atoms with E-state index >= 15 is 0 Å². The molecule has 1 fully saturated rings. The van der Waals surface area contributed by atoms with Crippen LogP contribution in [-0.2, 0) is 4.79 Å². The number of hydrogen-bond donors (Lipinski definition) is 2. The maximum atomic E-state index is 12.5. The normalized spacial score (nSPS) is 23.2. The predicted molar refractivity (Wildman–Crippen MR) is 91.1 cm³/mol. The van der Waals surface area contributed by atoms with Crippen LogP contribution in [0.3, 0.4) is 0 Å². The second kappa shape index (κ2) is 6.49. The molecule has 3 heteroatoms. The molecule has 0 aliphatic carbocycles. The number of likely N-dealkylation sites (tertiary alicyclic amines) is 1. The van der Waals surface area contributed by atoms with Crippen molar-refractivity contribution in [2.45, 2.75) is 32.7 Å². The van der Waals surface area contributed by atoms with E-state index in [0.29, 0.717) is 0 Å². The molecule has 1 saturated heterocycles. The van der Waals surface area contributed by atoms with Crippen molar-refractivity contribution < 1.29 is 9.69 Å². The fraction of sp³-hybridized carbons (Fsp3) is 0.421. The number of anilines is 1. The fourth-order valence-electron chi connectivity index (χ4n) is 3.43. The van der Waals surface area contributed by atoms with Crippen molar-refractivity contribution in [1.29, 1.82) is 0 Å². The van der Waals surface area contributed by atoms with Gasteiger partial charge in [-0.3, -0.25) is 4.79 Å². The summed E-state index contributed by atoms with van der Waals surface area (Å²) in [6, 6.07) is 14.3. The lowest BCUT2D eigenvalue weighted by atomic mass is 9.99. The van der Waals surface area contributed by atoms with Crippen molar-refractivity contribution in [2.75, 3.05) is 18.4 Å². The molecule has 1 heterocycles. The molecular formula is C19H25N2O+. The van der Waals surface area contributed by atoms with Crippen molar-refractivity contribution in [2.24, 2.45) is 5.92 Å². The highest BCUT2D eigenvalue weighted by Gasteiger charge is 2.29. The average Bonchev–Trinajstić information content (AvgIpc) is 2.54. The van der Waals surface area contributed by atoms with Crippen LogP contribution in [0.5, 0.6) is 0 Å². The first-order chi connectivity index (χ1) is 10.6. The van der Waals surface area contributed by atoms with Gasteiger partial charge in [0.2, 0.25) is 0 Å². The molecule has 1 amide bonds. The standard InChI is InChI=1S/C19H24N2O/c1-14-6-5-11-21(13-14)15(2)19(22)20-18-10-9-16-7-3-4-8-17(16)12-18/h3-4,7-10,12,14-15H,5-6,11,13H2,1-2H3,(H,20,22)/p+1/t14-,15+/m1/s1. The maximum Gasteiger partial charge on any atom is 0.282 e. The van der Waals surface area contributed by atoms with Gasteiger partial charge < -0.3 is 10.2 Å². The van der Waals surface area contributed by atoms with Gasteiger partial charge in [-0.2, -0.15) is 0 Å². The number of carbonyl (C=O) groups is 1. The third kappa shape index (κ3) is 3.30. The van der Waals surface area contributed by atoms with Gasteiger partial charge in [-0.25, -0.2) is 0 Å². The third-order valence-electron chi connectivity index (χ3n) is 4.83. The molecule has 1 aliphatic rings. The summed E-state index contributed by atoms with van der Waals surface area (Å²) in [6.07, 6.45) is 2.52. The zero-order valence-corrected chi connectivity index (χ0v) is 13.4. The largest absolute Gasteiger partial charge is 0.325 e. The van der Waals surface area contributed by atoms with Crippen LogP contribution in [0, 0.1) is 5.92 Å². The second-order valence-electron chi connectivity index (χ2n) is 6.63. The maximum absolute atomic E-state index is 12.5. The lowest BCUT2D eigenvalue weighted by molar-refractivity contribution is -0.922. The number of carbonyl (C=O) groups excluding carboxylic acids is 1. The molecule has 0 spiro atoms. The molecule has 2 aromatic rings. The number of quaternary nitrogens is 1. The quantitative estimate of drug-likeness (QED) is 0.896. The molecule has 2 aromatic carbocycles. The number of fused-ring (bicyclic) bond motifs is 1. The number of rotatable bonds is 3. The van der Waals surface area contributed by atoms with Gasteiger partial charge in [-0.05, 0) is 42.7 Å². The Morgan fingerprint density at radius 2 is 2.00 bits per heavy atom. The van der Waals surface area contributed by atoms with Crippen LogP contribution < -0.4 is 10.2 Å². The van der Waals surface area contributed by atoms with Crippen LogP contribution in [0.25, 0.3) is 10.8 Å². The molecule has 3 rings (SSSR count). The minimum atomic E-state index is 0.00854. The number of amides is 1. The molecule has 3 atom stereocenters. The van der Waals surface area contributed by atoms with Gasteiger partial charge in [-0.1, -0.05) is 37.3 Å². The van der Waals surface area contributed by atoms with E-state index in [1.165, 1.54) is 23.1 Å². The van der Waals surface area contributed by atoms with Gasteiger partial charge in [0.15, 0.2) is 6.04 Å². The number of nitrogens with one attached hydrogen (secondary N) is 2. The topological polar surface area (TPSA) is 33.5 Å². The zero-order valence-electron chi connectivity index (χ0n) is 13.4. The van der Waals surface area contributed by atoms with Gasteiger partial charge in [0.25, 0.3) is 5.91 Å². The van der Waals surface area contributed by atoms with Crippen LogP contribution in [0.15, 0.2) is 42.5 Å². The molecule has 1 unspecified atom stereocenters. The van der Waals surface area contributed by atoms with Gasteiger partial charge in [0.1, 0.15) is 0 Å². The fourth-order valence-corrected chi connectivity index (χ4v) is 3.43. The van der Waals surface area contributed by atoms with Crippen LogP contribution in [0.2, 0.25) is 0 Å². The van der Waals surface area contributed by atoms with E-state index < -0.39 is 0 Å². The Bertz CT molecular complexity index is 667. The van der Waals surface area contributed by atoms with Crippen LogP contribution in [0.4, 0.5) is 5.69 Å².